The van der Waals surface area contributed by atoms with E-state index in [2.05, 4.69) is 196 Å². The lowest BCUT2D eigenvalue weighted by Gasteiger charge is -2.19. The summed E-state index contributed by atoms with van der Waals surface area (Å²) in [7, 11) is 0. The van der Waals surface area contributed by atoms with E-state index in [1.807, 2.05) is 43.3 Å². The fourth-order valence-electron chi connectivity index (χ4n) is 7.74. The van der Waals surface area contributed by atoms with Crippen LogP contribution in [0.4, 0.5) is 5.69 Å². The zero-order valence-corrected chi connectivity index (χ0v) is 40.4. The summed E-state index contributed by atoms with van der Waals surface area (Å²) >= 11 is 0. The van der Waals surface area contributed by atoms with Crippen LogP contribution in [0.1, 0.15) is 149 Å². The molecule has 6 aromatic carbocycles. The van der Waals surface area contributed by atoms with E-state index in [1.165, 1.54) is 55.7 Å². The van der Waals surface area contributed by atoms with Gasteiger partial charge >= 0.3 is 0 Å². The molecule has 6 aromatic rings. The number of anilines is 1. The molecule has 0 saturated carbocycles. The van der Waals surface area contributed by atoms with E-state index in [1.54, 1.807) is 6.08 Å². The summed E-state index contributed by atoms with van der Waals surface area (Å²) in [5, 5.41) is 0. The van der Waals surface area contributed by atoms with E-state index in [0.29, 0.717) is 23.7 Å². The standard InChI is InChI=1S/C30H37N.C20H25N.C8H10.C3H6/c1-6-21(2)26-14-9-10-17-29(26)24(5)23(4)28-16-8-7-13-25(28)20-19-22(3)27-15-11-12-18-30(27)31;1-15-8-7-11-19(14-15)17(3)16(2)12-13-20(21)18-9-5-4-6-10-18;1-2-8-6-4-3-5-7-8;1-3-2/h7-18,21-22H,6,19-20,31H2,1-5H3;4-11,13-14,16-17H,12,21H2,1-3H3;3-7H,2H2,1H3;3H,1H2,2H3/b24-23+;20-13+;;/t;16-,17?;;/m.1../s1. The molecule has 0 aliphatic heterocycles. The zero-order valence-electron chi connectivity index (χ0n) is 40.4. The quantitative estimate of drug-likeness (QED) is 0.0652. The first kappa shape index (κ1) is 51.5. The molecular weight excluding hydrogens is 761 g/mol. The molecule has 4 N–H and O–H groups in total. The summed E-state index contributed by atoms with van der Waals surface area (Å²) in [5.74, 6) is 2.09. The van der Waals surface area contributed by atoms with Crippen LogP contribution < -0.4 is 11.5 Å². The average Bonchev–Trinajstić information content (AvgIpc) is 3.32. The maximum absolute atomic E-state index is 6.22. The van der Waals surface area contributed by atoms with Gasteiger partial charge in [-0.15, -0.1) is 6.58 Å². The highest BCUT2D eigenvalue weighted by molar-refractivity contribution is 5.90. The van der Waals surface area contributed by atoms with Gasteiger partial charge in [-0.3, -0.25) is 0 Å². The summed E-state index contributed by atoms with van der Waals surface area (Å²) in [4.78, 5) is 0. The molecule has 0 saturated heterocycles. The summed E-state index contributed by atoms with van der Waals surface area (Å²) in [6.45, 7) is 25.6. The SMILES string of the molecule is C=CC.CCC(C)c1ccccc1/C(C)=C(\C)c1ccccc1CCC(C)c1ccccc1N.CCc1ccccc1.Cc1cccc(C(C)[C@H](C)C/C=C(/N)c2ccccc2)c1. The Morgan fingerprint density at radius 3 is 1.76 bits per heavy atom. The molecule has 0 aliphatic rings. The van der Waals surface area contributed by atoms with Crippen molar-refractivity contribution in [3.63, 3.8) is 0 Å². The van der Waals surface area contributed by atoms with E-state index < -0.39 is 0 Å². The maximum Gasteiger partial charge on any atom is 0.0349 e. The van der Waals surface area contributed by atoms with Crippen molar-refractivity contribution in [1.29, 1.82) is 0 Å². The molecule has 2 heteroatoms. The van der Waals surface area contributed by atoms with Gasteiger partial charge in [-0.1, -0.05) is 211 Å². The van der Waals surface area contributed by atoms with E-state index in [9.17, 15) is 0 Å². The van der Waals surface area contributed by atoms with Crippen LogP contribution in [0.15, 0.2) is 176 Å². The van der Waals surface area contributed by atoms with Crippen LogP contribution in [0.2, 0.25) is 0 Å². The molecule has 6 rings (SSSR count). The molecule has 3 unspecified atom stereocenters. The first-order valence-electron chi connectivity index (χ1n) is 23.2. The number of aryl methyl sites for hydroxylation is 3. The lowest BCUT2D eigenvalue weighted by Crippen LogP contribution is -2.07. The summed E-state index contributed by atoms with van der Waals surface area (Å²) < 4.78 is 0. The van der Waals surface area contributed by atoms with Gasteiger partial charge in [0, 0.05) is 11.4 Å². The summed E-state index contributed by atoms with van der Waals surface area (Å²) in [5.41, 5.74) is 29.0. The van der Waals surface area contributed by atoms with E-state index in [-0.39, 0.29) is 0 Å². The second kappa shape index (κ2) is 28.0. The molecule has 0 radical (unpaired) electrons. The lowest BCUT2D eigenvalue weighted by molar-refractivity contribution is 0.494. The topological polar surface area (TPSA) is 52.0 Å². The number of nitrogens with two attached hydrogens (primary N) is 2. The Labute approximate surface area is 383 Å². The highest BCUT2D eigenvalue weighted by Gasteiger charge is 2.16. The van der Waals surface area contributed by atoms with Crippen molar-refractivity contribution in [3.8, 4) is 0 Å². The van der Waals surface area contributed by atoms with Gasteiger partial charge in [0.05, 0.1) is 0 Å². The Morgan fingerprint density at radius 2 is 1.17 bits per heavy atom. The molecular formula is C61H78N2. The lowest BCUT2D eigenvalue weighted by atomic mass is 9.85. The molecule has 4 atom stereocenters. The van der Waals surface area contributed by atoms with E-state index in [0.717, 1.165) is 49.1 Å². The van der Waals surface area contributed by atoms with Crippen LogP contribution >= 0.6 is 0 Å². The molecule has 0 bridgehead atoms. The van der Waals surface area contributed by atoms with Gasteiger partial charge in [0.2, 0.25) is 0 Å². The average molecular weight is 839 g/mol. The van der Waals surface area contributed by atoms with Crippen molar-refractivity contribution in [3.05, 3.63) is 227 Å². The first-order valence-corrected chi connectivity index (χ1v) is 23.2. The largest absolute Gasteiger partial charge is 0.399 e. The molecule has 0 amide bonds. The van der Waals surface area contributed by atoms with Gasteiger partial charge in [0.15, 0.2) is 0 Å². The predicted molar refractivity (Wildman–Crippen MR) is 281 cm³/mol. The van der Waals surface area contributed by atoms with E-state index in [4.69, 9.17) is 11.5 Å². The number of rotatable bonds is 14. The Kier molecular flexibility index (Phi) is 22.8. The Morgan fingerprint density at radius 1 is 0.635 bits per heavy atom. The molecule has 0 aliphatic carbocycles. The Hall–Kier alpha value is -5.86. The third-order valence-electron chi connectivity index (χ3n) is 12.4. The highest BCUT2D eigenvalue weighted by atomic mass is 14.6. The van der Waals surface area contributed by atoms with Crippen molar-refractivity contribution in [2.75, 3.05) is 5.73 Å². The second-order valence-electron chi connectivity index (χ2n) is 17.1. The minimum absolute atomic E-state index is 0.436. The van der Waals surface area contributed by atoms with E-state index >= 15 is 0 Å². The Bertz CT molecular complexity index is 2280. The maximum atomic E-state index is 6.22. The molecule has 2 nitrogen and oxygen atoms in total. The van der Waals surface area contributed by atoms with Crippen molar-refractivity contribution in [2.45, 2.75) is 119 Å². The highest BCUT2D eigenvalue weighted by Crippen LogP contribution is 2.35. The second-order valence-corrected chi connectivity index (χ2v) is 17.1. The summed E-state index contributed by atoms with van der Waals surface area (Å²) in [6, 6.07) is 55.5. The molecule has 63 heavy (non-hydrogen) atoms. The van der Waals surface area contributed by atoms with Crippen LogP contribution in [0.25, 0.3) is 16.8 Å². The molecule has 0 aromatic heterocycles. The predicted octanol–water partition coefficient (Wildman–Crippen LogP) is 17.0. The number of nitrogen functional groups attached to an aromatic ring is 1. The van der Waals surface area contributed by atoms with Crippen molar-refractivity contribution in [2.24, 2.45) is 11.7 Å². The molecule has 332 valence electrons. The molecule has 0 heterocycles. The van der Waals surface area contributed by atoms with Crippen molar-refractivity contribution >= 4 is 22.5 Å². The van der Waals surface area contributed by atoms with Crippen LogP contribution in [0, 0.1) is 12.8 Å². The summed E-state index contributed by atoms with van der Waals surface area (Å²) in [6.07, 6.45) is 9.33. The normalized spacial score (nSPS) is 13.2. The third kappa shape index (κ3) is 16.7. The number of para-hydroxylation sites is 1. The van der Waals surface area contributed by atoms with Crippen LogP contribution in [0.5, 0.6) is 0 Å². The number of hydrogen-bond acceptors (Lipinski definition) is 2. The van der Waals surface area contributed by atoms with Crippen LogP contribution in [-0.4, -0.2) is 0 Å². The Balaban J connectivity index is 0.000000282. The monoisotopic (exact) mass is 839 g/mol. The number of allylic oxidation sites excluding steroid dienone is 4. The van der Waals surface area contributed by atoms with Gasteiger partial charge in [-0.25, -0.2) is 0 Å². The van der Waals surface area contributed by atoms with Gasteiger partial charge in [0.25, 0.3) is 0 Å². The van der Waals surface area contributed by atoms with Gasteiger partial charge in [-0.2, -0.15) is 0 Å². The zero-order chi connectivity index (χ0) is 46.1. The number of benzene rings is 6. The van der Waals surface area contributed by atoms with Gasteiger partial charge in [0.1, 0.15) is 0 Å². The first-order chi connectivity index (χ1) is 30.4. The minimum Gasteiger partial charge on any atom is -0.399 e. The van der Waals surface area contributed by atoms with Crippen molar-refractivity contribution in [1.82, 2.24) is 0 Å². The van der Waals surface area contributed by atoms with Gasteiger partial charge in [-0.05, 0) is 145 Å². The fourth-order valence-corrected chi connectivity index (χ4v) is 7.74. The molecule has 0 spiro atoms. The van der Waals surface area contributed by atoms with Gasteiger partial charge < -0.3 is 11.5 Å². The minimum atomic E-state index is 0.436. The smallest absolute Gasteiger partial charge is 0.0349 e. The molecule has 0 fully saturated rings. The van der Waals surface area contributed by atoms with Crippen LogP contribution in [-0.2, 0) is 12.8 Å². The fraction of sp³-hybridized carbons (Fsp3) is 0.311. The van der Waals surface area contributed by atoms with Crippen LogP contribution in [0.3, 0.4) is 0 Å². The number of hydrogen-bond donors (Lipinski definition) is 2. The third-order valence-corrected chi connectivity index (χ3v) is 12.4. The van der Waals surface area contributed by atoms with Crippen molar-refractivity contribution < 1.29 is 0 Å².